The van der Waals surface area contributed by atoms with E-state index in [0.717, 1.165) is 12.0 Å². The molecule has 198 valence electrons. The molecule has 1 atom stereocenters. The van der Waals surface area contributed by atoms with Gasteiger partial charge < -0.3 is 19.1 Å². The number of Topliss-reactive ketones (excluding diaryl/α,β-unsaturated/α-hetero) is 1. The smallest absolute Gasteiger partial charge is 0.301 e. The molecule has 5 rings (SSSR count). The van der Waals surface area contributed by atoms with E-state index in [9.17, 15) is 14.7 Å². The molecule has 1 N–H and O–H groups in total. The number of aromatic nitrogens is 1. The number of carbonyl (C=O) groups excluding carboxylic acids is 2. The number of amides is 1. The zero-order chi connectivity index (χ0) is 27.4. The second-order valence-electron chi connectivity index (χ2n) is 9.18. The minimum Gasteiger partial charge on any atom is -0.507 e. The van der Waals surface area contributed by atoms with Gasteiger partial charge in [-0.15, -0.1) is 0 Å². The Morgan fingerprint density at radius 2 is 1.62 bits per heavy atom. The molecule has 1 aliphatic rings. The van der Waals surface area contributed by atoms with Gasteiger partial charge in [-0.05, 0) is 60.9 Å². The van der Waals surface area contributed by atoms with Crippen LogP contribution in [0.15, 0.2) is 95.0 Å². The predicted molar refractivity (Wildman–Crippen MR) is 145 cm³/mol. The van der Waals surface area contributed by atoms with Crippen LogP contribution in [-0.4, -0.2) is 28.6 Å². The Morgan fingerprint density at radius 3 is 2.26 bits per heavy atom. The molecule has 3 aromatic carbocycles. The fourth-order valence-electron chi connectivity index (χ4n) is 4.42. The summed E-state index contributed by atoms with van der Waals surface area (Å²) in [5, 5.41) is 15.3. The van der Waals surface area contributed by atoms with Gasteiger partial charge in [0.25, 0.3) is 5.78 Å². The molecule has 1 amide bonds. The molecule has 0 aliphatic carbocycles. The van der Waals surface area contributed by atoms with E-state index in [1.54, 1.807) is 61.5 Å². The first-order valence-corrected chi connectivity index (χ1v) is 12.7. The van der Waals surface area contributed by atoms with E-state index < -0.39 is 17.7 Å². The number of ketones is 1. The third-order valence-corrected chi connectivity index (χ3v) is 6.35. The minimum absolute atomic E-state index is 0.0409. The zero-order valence-electron chi connectivity index (χ0n) is 21.7. The second-order valence-corrected chi connectivity index (χ2v) is 9.18. The van der Waals surface area contributed by atoms with Crippen LogP contribution < -0.4 is 14.4 Å². The van der Waals surface area contributed by atoms with Crippen molar-refractivity contribution >= 4 is 23.3 Å². The van der Waals surface area contributed by atoms with Crippen LogP contribution in [0.1, 0.15) is 41.8 Å². The molecular formula is C31H28N2O6. The monoisotopic (exact) mass is 524 g/mol. The number of anilines is 1. The lowest BCUT2D eigenvalue weighted by atomic mass is 9.95. The van der Waals surface area contributed by atoms with Crippen molar-refractivity contribution < 1.29 is 28.7 Å². The maximum absolute atomic E-state index is 13.3. The highest BCUT2D eigenvalue weighted by Gasteiger charge is 2.48. The van der Waals surface area contributed by atoms with Gasteiger partial charge in [0.1, 0.15) is 29.6 Å². The summed E-state index contributed by atoms with van der Waals surface area (Å²) in [5.74, 6) is 0.0435. The molecular weight excluding hydrogens is 496 g/mol. The van der Waals surface area contributed by atoms with Gasteiger partial charge in [-0.1, -0.05) is 54.5 Å². The first kappa shape index (κ1) is 25.8. The van der Waals surface area contributed by atoms with Gasteiger partial charge in [-0.2, -0.15) is 0 Å². The van der Waals surface area contributed by atoms with E-state index in [2.05, 4.69) is 5.16 Å². The van der Waals surface area contributed by atoms with Gasteiger partial charge in [-0.25, -0.2) is 0 Å². The van der Waals surface area contributed by atoms with Crippen molar-refractivity contribution in [1.29, 1.82) is 0 Å². The number of rotatable bonds is 9. The first-order chi connectivity index (χ1) is 19.0. The molecule has 1 unspecified atom stereocenters. The van der Waals surface area contributed by atoms with Gasteiger partial charge in [0.05, 0.1) is 18.2 Å². The number of ether oxygens (including phenoxy) is 2. The SMILES string of the molecule is CCCOc1ccc(C(O)=C2C(=O)C(=O)N(c3cc(C)on3)C2c2ccc(OCc3ccccc3)cc2)cc1. The van der Waals surface area contributed by atoms with Crippen molar-refractivity contribution in [3.8, 4) is 11.5 Å². The van der Waals surface area contributed by atoms with Crippen molar-refractivity contribution in [3.63, 3.8) is 0 Å². The Balaban J connectivity index is 1.51. The molecule has 1 aliphatic heterocycles. The molecule has 0 bridgehead atoms. The average Bonchev–Trinajstić information content (AvgIpc) is 3.51. The van der Waals surface area contributed by atoms with Crippen LogP contribution in [0, 0.1) is 6.92 Å². The van der Waals surface area contributed by atoms with Crippen LogP contribution in [0.2, 0.25) is 0 Å². The van der Waals surface area contributed by atoms with E-state index in [-0.39, 0.29) is 17.2 Å². The van der Waals surface area contributed by atoms with Crippen LogP contribution in [0.3, 0.4) is 0 Å². The lowest BCUT2D eigenvalue weighted by molar-refractivity contribution is -0.132. The van der Waals surface area contributed by atoms with Gasteiger partial charge >= 0.3 is 5.91 Å². The highest BCUT2D eigenvalue weighted by Crippen LogP contribution is 2.42. The van der Waals surface area contributed by atoms with Crippen LogP contribution in [-0.2, 0) is 16.2 Å². The van der Waals surface area contributed by atoms with Gasteiger partial charge in [0.2, 0.25) is 0 Å². The van der Waals surface area contributed by atoms with Crippen LogP contribution in [0.25, 0.3) is 5.76 Å². The molecule has 8 nitrogen and oxygen atoms in total. The van der Waals surface area contributed by atoms with Crippen molar-refractivity contribution in [1.82, 2.24) is 5.16 Å². The predicted octanol–water partition coefficient (Wildman–Crippen LogP) is 5.98. The maximum atomic E-state index is 13.3. The minimum atomic E-state index is -0.923. The summed E-state index contributed by atoms with van der Waals surface area (Å²) in [6.07, 6.45) is 0.864. The zero-order valence-corrected chi connectivity index (χ0v) is 21.7. The number of hydrogen-bond acceptors (Lipinski definition) is 7. The molecule has 39 heavy (non-hydrogen) atoms. The first-order valence-electron chi connectivity index (χ1n) is 12.7. The number of nitrogens with zero attached hydrogens (tertiary/aromatic N) is 2. The number of benzene rings is 3. The van der Waals surface area contributed by atoms with Crippen molar-refractivity contribution in [3.05, 3.63) is 113 Å². The molecule has 0 saturated carbocycles. The molecule has 1 saturated heterocycles. The highest BCUT2D eigenvalue weighted by atomic mass is 16.5. The lowest BCUT2D eigenvalue weighted by Crippen LogP contribution is -2.29. The summed E-state index contributed by atoms with van der Waals surface area (Å²) in [5.41, 5.74) is 1.98. The highest BCUT2D eigenvalue weighted by molar-refractivity contribution is 6.51. The molecule has 4 aromatic rings. The number of aryl methyl sites for hydroxylation is 1. The van der Waals surface area contributed by atoms with Gasteiger partial charge in [-0.3, -0.25) is 14.5 Å². The summed E-state index contributed by atoms with van der Waals surface area (Å²) >= 11 is 0. The summed E-state index contributed by atoms with van der Waals surface area (Å²) in [7, 11) is 0. The van der Waals surface area contributed by atoms with E-state index in [1.165, 1.54) is 4.90 Å². The number of carbonyl (C=O) groups is 2. The number of hydrogen-bond donors (Lipinski definition) is 1. The van der Waals surface area contributed by atoms with Crippen molar-refractivity contribution in [2.75, 3.05) is 11.5 Å². The Morgan fingerprint density at radius 1 is 0.949 bits per heavy atom. The van der Waals surface area contributed by atoms with Crippen LogP contribution in [0.5, 0.6) is 11.5 Å². The van der Waals surface area contributed by atoms with E-state index in [1.807, 2.05) is 37.3 Å². The Hall–Kier alpha value is -4.85. The summed E-state index contributed by atoms with van der Waals surface area (Å²) in [4.78, 5) is 27.8. The second kappa shape index (κ2) is 11.3. The average molecular weight is 525 g/mol. The maximum Gasteiger partial charge on any atom is 0.301 e. The van der Waals surface area contributed by atoms with Crippen molar-refractivity contribution in [2.24, 2.45) is 0 Å². The van der Waals surface area contributed by atoms with Gasteiger partial charge in [0.15, 0.2) is 5.82 Å². The summed E-state index contributed by atoms with van der Waals surface area (Å²) in [6, 6.07) is 24.3. The van der Waals surface area contributed by atoms with Gasteiger partial charge in [0, 0.05) is 11.6 Å². The fraction of sp³-hybridized carbons (Fsp3) is 0.194. The normalized spacial score (nSPS) is 16.5. The van der Waals surface area contributed by atoms with E-state index >= 15 is 0 Å². The fourth-order valence-corrected chi connectivity index (χ4v) is 4.42. The summed E-state index contributed by atoms with van der Waals surface area (Å²) < 4.78 is 16.7. The molecule has 0 radical (unpaired) electrons. The largest absolute Gasteiger partial charge is 0.507 e. The third kappa shape index (κ3) is 5.40. The third-order valence-electron chi connectivity index (χ3n) is 6.35. The quantitative estimate of drug-likeness (QED) is 0.163. The van der Waals surface area contributed by atoms with Crippen LogP contribution in [0.4, 0.5) is 5.82 Å². The molecule has 0 spiro atoms. The molecule has 1 fully saturated rings. The van der Waals surface area contributed by atoms with E-state index in [0.29, 0.717) is 41.6 Å². The standard InChI is InChI=1S/C31H28N2O6/c1-3-17-37-24-15-11-23(12-16-24)29(34)27-28(33(31(36)30(27)35)26-18-20(2)39-32-26)22-9-13-25(14-10-22)38-19-21-7-5-4-6-8-21/h4-16,18,28,34H,3,17,19H2,1-2H3. The Kier molecular flexibility index (Phi) is 7.45. The Labute approximate surface area is 226 Å². The lowest BCUT2D eigenvalue weighted by Gasteiger charge is -2.23. The molecule has 1 aromatic heterocycles. The molecule has 8 heteroatoms. The van der Waals surface area contributed by atoms with E-state index in [4.69, 9.17) is 14.0 Å². The summed E-state index contributed by atoms with van der Waals surface area (Å²) in [6.45, 7) is 4.67. The van der Waals surface area contributed by atoms with Crippen LogP contribution >= 0.6 is 0 Å². The number of aliphatic hydroxyl groups is 1. The van der Waals surface area contributed by atoms with Crippen molar-refractivity contribution in [2.45, 2.75) is 32.9 Å². The topological polar surface area (TPSA) is 102 Å². The number of aliphatic hydroxyl groups excluding tert-OH is 1. The molecule has 2 heterocycles. The Bertz CT molecular complexity index is 1490.